The number of carbonyl (C=O) groups is 1. The minimum Gasteiger partial charge on any atom is -0.498 e. The highest BCUT2D eigenvalue weighted by molar-refractivity contribution is 5.88. The Labute approximate surface area is 121 Å². The molecule has 0 aromatic carbocycles. The smallest absolute Gasteiger partial charge is 0.337 e. The summed E-state index contributed by atoms with van der Waals surface area (Å²) in [5, 5.41) is 8.52. The fourth-order valence-corrected chi connectivity index (χ4v) is 1.50. The molecule has 0 saturated heterocycles. The van der Waals surface area contributed by atoms with Crippen molar-refractivity contribution >= 4 is 5.97 Å². The standard InChI is InChI=1S/C15H28O5/c1-3-5-6-7-9-20-15(17)14(4-2)13-19-12-11-18-10-8-16/h13,16H,3-12H2,1-2H3. The van der Waals surface area contributed by atoms with Crippen LogP contribution in [0.15, 0.2) is 11.8 Å². The highest BCUT2D eigenvalue weighted by Crippen LogP contribution is 2.06. The van der Waals surface area contributed by atoms with Crippen LogP contribution in [0, 0.1) is 0 Å². The first kappa shape index (κ1) is 18.9. The number of aliphatic hydroxyl groups is 1. The van der Waals surface area contributed by atoms with Gasteiger partial charge in [-0.05, 0) is 12.8 Å². The third kappa shape index (κ3) is 10.8. The number of hydrogen-bond acceptors (Lipinski definition) is 5. The van der Waals surface area contributed by atoms with Gasteiger partial charge in [0.25, 0.3) is 0 Å². The Bertz CT molecular complexity index is 263. The van der Waals surface area contributed by atoms with E-state index in [1.165, 1.54) is 19.1 Å². The van der Waals surface area contributed by atoms with E-state index in [0.717, 1.165) is 12.8 Å². The number of aliphatic hydroxyl groups excluding tert-OH is 1. The average molecular weight is 288 g/mol. The second-order valence-corrected chi connectivity index (χ2v) is 4.40. The van der Waals surface area contributed by atoms with Crippen LogP contribution in [0.2, 0.25) is 0 Å². The summed E-state index contributed by atoms with van der Waals surface area (Å²) in [5.74, 6) is -0.305. The van der Waals surface area contributed by atoms with Crippen LogP contribution >= 0.6 is 0 Å². The van der Waals surface area contributed by atoms with Crippen LogP contribution in [0.25, 0.3) is 0 Å². The molecule has 0 saturated carbocycles. The zero-order valence-corrected chi connectivity index (χ0v) is 12.7. The van der Waals surface area contributed by atoms with Crippen molar-refractivity contribution in [3.8, 4) is 0 Å². The van der Waals surface area contributed by atoms with Gasteiger partial charge in [-0.2, -0.15) is 0 Å². The first-order valence-electron chi connectivity index (χ1n) is 7.42. The Morgan fingerprint density at radius 2 is 1.85 bits per heavy atom. The molecular formula is C15H28O5. The molecule has 0 spiro atoms. The summed E-state index contributed by atoms with van der Waals surface area (Å²) in [5.41, 5.74) is 0.530. The molecule has 0 unspecified atom stereocenters. The van der Waals surface area contributed by atoms with E-state index in [2.05, 4.69) is 6.92 Å². The van der Waals surface area contributed by atoms with E-state index in [9.17, 15) is 4.79 Å². The Kier molecular flexibility index (Phi) is 13.6. The van der Waals surface area contributed by atoms with Crippen molar-refractivity contribution in [3.05, 3.63) is 11.8 Å². The Hall–Kier alpha value is -1.07. The van der Waals surface area contributed by atoms with Gasteiger partial charge < -0.3 is 19.3 Å². The van der Waals surface area contributed by atoms with Crippen LogP contribution in [0.5, 0.6) is 0 Å². The van der Waals surface area contributed by atoms with E-state index in [1.807, 2.05) is 6.92 Å². The van der Waals surface area contributed by atoms with Crippen LogP contribution in [0.4, 0.5) is 0 Å². The number of carbonyl (C=O) groups excluding carboxylic acids is 1. The molecule has 0 heterocycles. The molecule has 0 bridgehead atoms. The van der Waals surface area contributed by atoms with Gasteiger partial charge in [0.1, 0.15) is 6.61 Å². The fourth-order valence-electron chi connectivity index (χ4n) is 1.50. The maximum atomic E-state index is 11.7. The highest BCUT2D eigenvalue weighted by atomic mass is 16.5. The summed E-state index contributed by atoms with van der Waals surface area (Å²) in [6, 6.07) is 0. The third-order valence-electron chi connectivity index (χ3n) is 2.68. The second kappa shape index (κ2) is 14.3. The molecule has 0 aromatic rings. The maximum Gasteiger partial charge on any atom is 0.337 e. The monoisotopic (exact) mass is 288 g/mol. The lowest BCUT2D eigenvalue weighted by molar-refractivity contribution is -0.139. The van der Waals surface area contributed by atoms with Gasteiger partial charge in [-0.3, -0.25) is 0 Å². The van der Waals surface area contributed by atoms with Crippen molar-refractivity contribution in [1.29, 1.82) is 0 Å². The van der Waals surface area contributed by atoms with Crippen LogP contribution in [-0.4, -0.2) is 44.1 Å². The lowest BCUT2D eigenvalue weighted by atomic mass is 10.2. The van der Waals surface area contributed by atoms with Crippen molar-refractivity contribution in [2.75, 3.05) is 33.0 Å². The number of hydrogen-bond donors (Lipinski definition) is 1. The Morgan fingerprint density at radius 3 is 2.50 bits per heavy atom. The van der Waals surface area contributed by atoms with E-state index in [4.69, 9.17) is 19.3 Å². The molecule has 0 radical (unpaired) electrons. The van der Waals surface area contributed by atoms with Gasteiger partial charge in [0.05, 0.1) is 38.3 Å². The average Bonchev–Trinajstić information content (AvgIpc) is 2.46. The number of rotatable bonds is 13. The molecule has 20 heavy (non-hydrogen) atoms. The lowest BCUT2D eigenvalue weighted by Gasteiger charge is -2.07. The molecule has 0 atom stereocenters. The molecule has 5 heteroatoms. The highest BCUT2D eigenvalue weighted by Gasteiger charge is 2.09. The largest absolute Gasteiger partial charge is 0.498 e. The molecule has 0 amide bonds. The third-order valence-corrected chi connectivity index (χ3v) is 2.68. The zero-order chi connectivity index (χ0) is 15.1. The van der Waals surface area contributed by atoms with Gasteiger partial charge in [0.15, 0.2) is 0 Å². The first-order valence-corrected chi connectivity index (χ1v) is 7.42. The minimum atomic E-state index is -0.305. The summed E-state index contributed by atoms with van der Waals surface area (Å²) < 4.78 is 15.5. The Balaban J connectivity index is 3.77. The van der Waals surface area contributed by atoms with Crippen molar-refractivity contribution in [1.82, 2.24) is 0 Å². The molecule has 0 fully saturated rings. The minimum absolute atomic E-state index is 0.000403. The van der Waals surface area contributed by atoms with Crippen molar-refractivity contribution in [2.45, 2.75) is 46.0 Å². The lowest BCUT2D eigenvalue weighted by Crippen LogP contribution is -2.10. The zero-order valence-electron chi connectivity index (χ0n) is 12.7. The van der Waals surface area contributed by atoms with Crippen molar-refractivity contribution < 1.29 is 24.1 Å². The summed E-state index contributed by atoms with van der Waals surface area (Å²) in [7, 11) is 0. The van der Waals surface area contributed by atoms with Crippen LogP contribution in [0.1, 0.15) is 46.0 Å². The number of esters is 1. The Morgan fingerprint density at radius 1 is 1.05 bits per heavy atom. The maximum absolute atomic E-state index is 11.7. The van der Waals surface area contributed by atoms with Crippen molar-refractivity contribution in [3.63, 3.8) is 0 Å². The summed E-state index contributed by atoms with van der Waals surface area (Å²) in [6.07, 6.45) is 6.35. The predicted molar refractivity (Wildman–Crippen MR) is 77.3 cm³/mol. The second-order valence-electron chi connectivity index (χ2n) is 4.40. The SMILES string of the molecule is CCCCCCOC(=O)C(=COCCOCCO)CC. The number of unbranched alkanes of at least 4 members (excludes halogenated alkanes) is 3. The predicted octanol–water partition coefficient (Wildman–Crippen LogP) is 2.43. The van der Waals surface area contributed by atoms with Gasteiger partial charge in [0, 0.05) is 0 Å². The topological polar surface area (TPSA) is 65.0 Å². The molecule has 0 aliphatic heterocycles. The fraction of sp³-hybridized carbons (Fsp3) is 0.800. The molecular weight excluding hydrogens is 260 g/mol. The molecule has 0 aliphatic carbocycles. The van der Waals surface area contributed by atoms with Crippen LogP contribution in [0.3, 0.4) is 0 Å². The molecule has 1 N–H and O–H groups in total. The molecule has 5 nitrogen and oxygen atoms in total. The summed E-state index contributed by atoms with van der Waals surface area (Å²) >= 11 is 0. The summed E-state index contributed by atoms with van der Waals surface area (Å²) in [6.45, 7) is 5.54. The van der Waals surface area contributed by atoms with Gasteiger partial charge in [0.2, 0.25) is 0 Å². The van der Waals surface area contributed by atoms with E-state index in [-0.39, 0.29) is 12.6 Å². The van der Waals surface area contributed by atoms with Gasteiger partial charge in [-0.25, -0.2) is 4.79 Å². The number of ether oxygens (including phenoxy) is 3. The normalized spacial score (nSPS) is 11.4. The quantitative estimate of drug-likeness (QED) is 0.244. The summed E-state index contributed by atoms with van der Waals surface area (Å²) in [4.78, 5) is 11.7. The van der Waals surface area contributed by atoms with Crippen molar-refractivity contribution in [2.24, 2.45) is 0 Å². The van der Waals surface area contributed by atoms with Crippen LogP contribution < -0.4 is 0 Å². The van der Waals surface area contributed by atoms with E-state index >= 15 is 0 Å². The van der Waals surface area contributed by atoms with E-state index in [1.54, 1.807) is 0 Å². The molecule has 0 aromatic heterocycles. The van der Waals surface area contributed by atoms with Gasteiger partial charge in [-0.15, -0.1) is 0 Å². The molecule has 0 rings (SSSR count). The van der Waals surface area contributed by atoms with E-state index in [0.29, 0.717) is 38.4 Å². The van der Waals surface area contributed by atoms with Gasteiger partial charge in [-0.1, -0.05) is 33.1 Å². The molecule has 0 aliphatic rings. The van der Waals surface area contributed by atoms with E-state index < -0.39 is 0 Å². The first-order chi connectivity index (χ1) is 9.76. The van der Waals surface area contributed by atoms with Gasteiger partial charge >= 0.3 is 5.97 Å². The van der Waals surface area contributed by atoms with Crippen LogP contribution in [-0.2, 0) is 19.0 Å². The molecule has 118 valence electrons.